The first-order valence-corrected chi connectivity index (χ1v) is 8.05. The SMILES string of the molecule is COc1cccc(/C=N\n2cnnc2)c1OCc1ccc(Cl)cc1Cl. The highest BCUT2D eigenvalue weighted by molar-refractivity contribution is 6.35. The van der Waals surface area contributed by atoms with E-state index in [1.807, 2.05) is 24.3 Å². The molecule has 128 valence electrons. The Morgan fingerprint density at radius 2 is 1.96 bits per heavy atom. The Kier molecular flexibility index (Phi) is 5.53. The number of rotatable bonds is 6. The Morgan fingerprint density at radius 3 is 2.68 bits per heavy atom. The van der Waals surface area contributed by atoms with Gasteiger partial charge in [-0.3, -0.25) is 0 Å². The smallest absolute Gasteiger partial charge is 0.170 e. The molecule has 0 saturated carbocycles. The van der Waals surface area contributed by atoms with Crippen LogP contribution in [-0.2, 0) is 6.61 Å². The lowest BCUT2D eigenvalue weighted by Crippen LogP contribution is -2.02. The maximum atomic E-state index is 6.20. The number of nitrogens with zero attached hydrogens (tertiary/aromatic N) is 4. The molecule has 0 N–H and O–H groups in total. The Labute approximate surface area is 154 Å². The van der Waals surface area contributed by atoms with Gasteiger partial charge < -0.3 is 9.47 Å². The van der Waals surface area contributed by atoms with E-state index < -0.39 is 0 Å². The number of hydrogen-bond donors (Lipinski definition) is 0. The van der Waals surface area contributed by atoms with Crippen molar-refractivity contribution in [1.82, 2.24) is 14.9 Å². The van der Waals surface area contributed by atoms with Crippen LogP contribution in [0.2, 0.25) is 10.0 Å². The van der Waals surface area contributed by atoms with E-state index >= 15 is 0 Å². The Morgan fingerprint density at radius 1 is 1.16 bits per heavy atom. The molecule has 0 aliphatic rings. The van der Waals surface area contributed by atoms with Crippen LogP contribution in [0.4, 0.5) is 0 Å². The molecule has 0 aliphatic carbocycles. The molecule has 6 nitrogen and oxygen atoms in total. The van der Waals surface area contributed by atoms with Crippen LogP contribution in [-0.4, -0.2) is 28.2 Å². The molecule has 2 aromatic carbocycles. The van der Waals surface area contributed by atoms with E-state index in [-0.39, 0.29) is 6.61 Å². The van der Waals surface area contributed by atoms with Crippen molar-refractivity contribution in [3.05, 3.63) is 70.2 Å². The fraction of sp³-hybridized carbons (Fsp3) is 0.118. The normalized spacial score (nSPS) is 11.0. The molecule has 3 rings (SSSR count). The Bertz CT molecular complexity index is 882. The third-order valence-corrected chi connectivity index (χ3v) is 3.94. The second-order valence-electron chi connectivity index (χ2n) is 4.99. The van der Waals surface area contributed by atoms with E-state index in [0.717, 1.165) is 11.1 Å². The molecule has 0 atom stereocenters. The van der Waals surface area contributed by atoms with Gasteiger partial charge in [-0.1, -0.05) is 35.3 Å². The van der Waals surface area contributed by atoms with Crippen molar-refractivity contribution in [2.24, 2.45) is 5.10 Å². The molecule has 0 fully saturated rings. The average Bonchev–Trinajstić information content (AvgIpc) is 3.13. The van der Waals surface area contributed by atoms with Crippen LogP contribution >= 0.6 is 23.2 Å². The fourth-order valence-electron chi connectivity index (χ4n) is 2.12. The number of methoxy groups -OCH3 is 1. The molecule has 0 unspecified atom stereocenters. The van der Waals surface area contributed by atoms with Gasteiger partial charge in [0.1, 0.15) is 19.3 Å². The van der Waals surface area contributed by atoms with Crippen LogP contribution in [0.3, 0.4) is 0 Å². The van der Waals surface area contributed by atoms with Crippen LogP contribution in [0, 0.1) is 0 Å². The van der Waals surface area contributed by atoms with Crippen molar-refractivity contribution in [2.75, 3.05) is 7.11 Å². The second-order valence-corrected chi connectivity index (χ2v) is 5.83. The lowest BCUT2D eigenvalue weighted by Gasteiger charge is -2.14. The number of benzene rings is 2. The summed E-state index contributed by atoms with van der Waals surface area (Å²) in [6.45, 7) is 0.268. The minimum Gasteiger partial charge on any atom is -0.493 e. The molecule has 0 amide bonds. The van der Waals surface area contributed by atoms with Gasteiger partial charge >= 0.3 is 0 Å². The van der Waals surface area contributed by atoms with Gasteiger partial charge in [-0.25, -0.2) is 4.68 Å². The number of aromatic nitrogens is 3. The van der Waals surface area contributed by atoms with Crippen LogP contribution in [0.1, 0.15) is 11.1 Å². The number of para-hydroxylation sites is 1. The van der Waals surface area contributed by atoms with Gasteiger partial charge in [0.25, 0.3) is 0 Å². The first kappa shape index (κ1) is 17.3. The molecule has 0 spiro atoms. The molecule has 0 saturated heterocycles. The van der Waals surface area contributed by atoms with Crippen molar-refractivity contribution in [3.8, 4) is 11.5 Å². The summed E-state index contributed by atoms with van der Waals surface area (Å²) in [7, 11) is 1.58. The van der Waals surface area contributed by atoms with Gasteiger partial charge in [-0.2, -0.15) is 5.10 Å². The molecule has 1 heterocycles. The summed E-state index contributed by atoms with van der Waals surface area (Å²) >= 11 is 12.1. The van der Waals surface area contributed by atoms with E-state index in [9.17, 15) is 0 Å². The van der Waals surface area contributed by atoms with Gasteiger partial charge in [-0.05, 0) is 24.3 Å². The van der Waals surface area contributed by atoms with Gasteiger partial charge in [0.15, 0.2) is 11.5 Å². The highest BCUT2D eigenvalue weighted by Gasteiger charge is 2.11. The molecule has 3 aromatic rings. The predicted octanol–water partition coefficient (Wildman–Crippen LogP) is 4.05. The van der Waals surface area contributed by atoms with Gasteiger partial charge in [0.2, 0.25) is 0 Å². The summed E-state index contributed by atoms with van der Waals surface area (Å²) in [5.41, 5.74) is 1.57. The number of ether oxygens (including phenoxy) is 2. The van der Waals surface area contributed by atoms with E-state index in [4.69, 9.17) is 32.7 Å². The van der Waals surface area contributed by atoms with E-state index in [1.165, 1.54) is 17.3 Å². The van der Waals surface area contributed by atoms with Crippen LogP contribution < -0.4 is 9.47 Å². The van der Waals surface area contributed by atoms with E-state index in [1.54, 1.807) is 25.5 Å². The molecule has 1 aromatic heterocycles. The molecule has 0 bridgehead atoms. The lowest BCUT2D eigenvalue weighted by atomic mass is 10.2. The Balaban J connectivity index is 1.85. The summed E-state index contributed by atoms with van der Waals surface area (Å²) in [5, 5.41) is 12.8. The monoisotopic (exact) mass is 376 g/mol. The summed E-state index contributed by atoms with van der Waals surface area (Å²) in [4.78, 5) is 0. The lowest BCUT2D eigenvalue weighted by molar-refractivity contribution is 0.284. The minimum absolute atomic E-state index is 0.268. The zero-order valence-electron chi connectivity index (χ0n) is 13.3. The van der Waals surface area contributed by atoms with Crippen molar-refractivity contribution in [3.63, 3.8) is 0 Å². The van der Waals surface area contributed by atoms with E-state index in [2.05, 4.69) is 15.3 Å². The zero-order valence-corrected chi connectivity index (χ0v) is 14.8. The third kappa shape index (κ3) is 4.29. The maximum absolute atomic E-state index is 6.20. The van der Waals surface area contributed by atoms with Crippen molar-refractivity contribution >= 4 is 29.4 Å². The largest absolute Gasteiger partial charge is 0.493 e. The molecule has 8 heteroatoms. The average molecular weight is 377 g/mol. The fourth-order valence-corrected chi connectivity index (χ4v) is 2.59. The predicted molar refractivity (Wildman–Crippen MR) is 96.8 cm³/mol. The first-order valence-electron chi connectivity index (χ1n) is 7.30. The minimum atomic E-state index is 0.268. The molecule has 0 aliphatic heterocycles. The quantitative estimate of drug-likeness (QED) is 0.608. The van der Waals surface area contributed by atoms with Crippen LogP contribution in [0.25, 0.3) is 0 Å². The van der Waals surface area contributed by atoms with E-state index in [0.29, 0.717) is 21.5 Å². The van der Waals surface area contributed by atoms with Crippen molar-refractivity contribution in [2.45, 2.75) is 6.61 Å². The summed E-state index contributed by atoms with van der Waals surface area (Å²) < 4.78 is 12.8. The molecular formula is C17H14Cl2N4O2. The molecule has 25 heavy (non-hydrogen) atoms. The van der Waals surface area contributed by atoms with Crippen molar-refractivity contribution < 1.29 is 9.47 Å². The highest BCUT2D eigenvalue weighted by atomic mass is 35.5. The van der Waals surface area contributed by atoms with Gasteiger partial charge in [0, 0.05) is 21.2 Å². The standard InChI is InChI=1S/C17H14Cl2N4O2/c1-24-16-4-2-3-12(8-22-23-10-20-21-11-23)17(16)25-9-13-5-6-14(18)7-15(13)19/h2-8,10-11H,9H2,1H3/b22-8-. The summed E-state index contributed by atoms with van der Waals surface area (Å²) in [6.07, 6.45) is 4.63. The van der Waals surface area contributed by atoms with Gasteiger partial charge in [-0.15, -0.1) is 10.2 Å². The summed E-state index contributed by atoms with van der Waals surface area (Å²) in [6, 6.07) is 10.8. The number of halogens is 2. The zero-order chi connectivity index (χ0) is 17.6. The second kappa shape index (κ2) is 8.00. The molecule has 0 radical (unpaired) electrons. The summed E-state index contributed by atoms with van der Waals surface area (Å²) in [5.74, 6) is 1.16. The van der Waals surface area contributed by atoms with Crippen LogP contribution in [0.15, 0.2) is 54.2 Å². The highest BCUT2D eigenvalue weighted by Crippen LogP contribution is 2.32. The van der Waals surface area contributed by atoms with Crippen LogP contribution in [0.5, 0.6) is 11.5 Å². The van der Waals surface area contributed by atoms with Crippen molar-refractivity contribution in [1.29, 1.82) is 0 Å². The third-order valence-electron chi connectivity index (χ3n) is 3.35. The topological polar surface area (TPSA) is 61.5 Å². The maximum Gasteiger partial charge on any atom is 0.170 e. The molecular weight excluding hydrogens is 363 g/mol. The number of hydrogen-bond acceptors (Lipinski definition) is 5. The van der Waals surface area contributed by atoms with Gasteiger partial charge in [0.05, 0.1) is 13.3 Å². The Hall–Kier alpha value is -2.57. The first-order chi connectivity index (χ1) is 12.2.